The first-order chi connectivity index (χ1) is 11.8. The van der Waals surface area contributed by atoms with Gasteiger partial charge in [-0.3, -0.25) is 0 Å². The topological polar surface area (TPSA) is 33.3 Å². The van der Waals surface area contributed by atoms with Crippen molar-refractivity contribution >= 4 is 0 Å². The van der Waals surface area contributed by atoms with E-state index in [2.05, 4.69) is 66.1 Å². The highest BCUT2D eigenvalue weighted by atomic mass is 35.5. The molecule has 0 radical (unpaired) electrons. The van der Waals surface area contributed by atoms with Gasteiger partial charge in [-0.25, -0.2) is 0 Å². The van der Waals surface area contributed by atoms with E-state index in [0.717, 1.165) is 24.8 Å². The van der Waals surface area contributed by atoms with Gasteiger partial charge in [-0.15, -0.1) is 0 Å². The van der Waals surface area contributed by atoms with Crippen LogP contribution in [-0.4, -0.2) is 19.6 Å². The van der Waals surface area contributed by atoms with Gasteiger partial charge in [0.2, 0.25) is 0 Å². The molecule has 3 rings (SSSR count). The van der Waals surface area contributed by atoms with Crippen molar-refractivity contribution in [3.8, 4) is 5.75 Å². The lowest BCUT2D eigenvalue weighted by Crippen LogP contribution is -3.00. The Morgan fingerprint density at radius 1 is 0.923 bits per heavy atom. The lowest BCUT2D eigenvalue weighted by molar-refractivity contribution is -0.001000. The molecule has 26 heavy (non-hydrogen) atoms. The van der Waals surface area contributed by atoms with Crippen LogP contribution in [0.4, 0.5) is 0 Å². The number of nitrogens with one attached hydrogen (secondary N) is 2. The summed E-state index contributed by atoms with van der Waals surface area (Å²) in [7, 11) is 0. The summed E-state index contributed by atoms with van der Waals surface area (Å²) in [4.78, 5) is 0. The van der Waals surface area contributed by atoms with E-state index in [1.54, 1.807) is 0 Å². The van der Waals surface area contributed by atoms with E-state index in [9.17, 15) is 0 Å². The van der Waals surface area contributed by atoms with Crippen molar-refractivity contribution in [3.63, 3.8) is 0 Å². The highest BCUT2D eigenvalue weighted by molar-refractivity contribution is 5.28. The molecule has 2 aromatic carbocycles. The molecule has 3 nitrogen and oxygen atoms in total. The third-order valence-electron chi connectivity index (χ3n) is 4.67. The number of piperidine rings is 1. The number of rotatable bonds is 7. The quantitative estimate of drug-likeness (QED) is 0.552. The van der Waals surface area contributed by atoms with E-state index >= 15 is 0 Å². The summed E-state index contributed by atoms with van der Waals surface area (Å²) in [6.45, 7) is 7.10. The van der Waals surface area contributed by atoms with Gasteiger partial charge in [0.05, 0.1) is 0 Å². The number of ether oxygens (including phenoxy) is 1. The van der Waals surface area contributed by atoms with E-state index in [-0.39, 0.29) is 24.8 Å². The van der Waals surface area contributed by atoms with Gasteiger partial charge in [0, 0.05) is 6.54 Å². The Hall–Kier alpha value is -1.26. The molecule has 1 heterocycles. The Kier molecular flexibility index (Phi) is 10.7. The maximum atomic E-state index is 5.86. The summed E-state index contributed by atoms with van der Waals surface area (Å²) in [5, 5.41) is 7.00. The third kappa shape index (κ3) is 7.55. The Morgan fingerprint density at radius 3 is 2.19 bits per heavy atom. The van der Waals surface area contributed by atoms with Crippen molar-refractivity contribution in [3.05, 3.63) is 65.2 Å². The van der Waals surface area contributed by atoms with E-state index in [1.165, 1.54) is 42.6 Å². The van der Waals surface area contributed by atoms with Crippen LogP contribution in [0.2, 0.25) is 0 Å². The fraction of sp³-hybridized carbons (Fsp3) is 0.429. The first-order valence-electron chi connectivity index (χ1n) is 8.98. The van der Waals surface area contributed by atoms with E-state index in [4.69, 9.17) is 4.74 Å². The highest BCUT2D eigenvalue weighted by Crippen LogP contribution is 2.15. The second kappa shape index (κ2) is 12.2. The predicted molar refractivity (Wildman–Crippen MR) is 99.3 cm³/mol. The summed E-state index contributed by atoms with van der Waals surface area (Å²) >= 11 is 0. The molecular formula is C21H28Cl2N2O-2. The number of benzene rings is 2. The fourth-order valence-electron chi connectivity index (χ4n) is 3.06. The molecule has 0 atom stereocenters. The van der Waals surface area contributed by atoms with Gasteiger partial charge >= 0.3 is 0 Å². The lowest BCUT2D eigenvalue weighted by Gasteiger charge is -2.22. The lowest BCUT2D eigenvalue weighted by atomic mass is 9.98. The standard InChI is InChI=1S/C21H28N2O.2ClH/c1-17-2-4-20(5-3-17)16-24-21-8-6-18(7-9-21)14-23-15-19-10-12-22-13-11-19;;/h2-9,19,22-23H,10-16H2,1H3;2*1H/p-2. The van der Waals surface area contributed by atoms with Gasteiger partial charge in [-0.05, 0) is 68.6 Å². The average Bonchev–Trinajstić information content (AvgIpc) is 2.63. The second-order valence-corrected chi connectivity index (χ2v) is 6.74. The van der Waals surface area contributed by atoms with Crippen LogP contribution in [-0.2, 0) is 13.2 Å². The highest BCUT2D eigenvalue weighted by Gasteiger charge is 2.11. The SMILES string of the molecule is Cc1ccc(COc2ccc(CNCC3CCNCC3)cc2)cc1.[Cl-].[Cl-]. The molecular weight excluding hydrogens is 367 g/mol. The van der Waals surface area contributed by atoms with Gasteiger partial charge in [0.25, 0.3) is 0 Å². The van der Waals surface area contributed by atoms with E-state index in [1.807, 2.05) is 0 Å². The van der Waals surface area contributed by atoms with Crippen molar-refractivity contribution in [1.82, 2.24) is 10.6 Å². The van der Waals surface area contributed by atoms with Gasteiger partial charge in [-0.1, -0.05) is 42.0 Å². The molecule has 1 saturated heterocycles. The maximum Gasteiger partial charge on any atom is 0.119 e. The van der Waals surface area contributed by atoms with Gasteiger partial charge < -0.3 is 40.2 Å². The third-order valence-corrected chi connectivity index (χ3v) is 4.67. The monoisotopic (exact) mass is 394 g/mol. The zero-order valence-corrected chi connectivity index (χ0v) is 16.8. The molecule has 5 heteroatoms. The minimum atomic E-state index is 0. The molecule has 2 N–H and O–H groups in total. The number of hydrogen-bond donors (Lipinski definition) is 2. The van der Waals surface area contributed by atoms with Gasteiger partial charge in [0.1, 0.15) is 12.4 Å². The van der Waals surface area contributed by atoms with Crippen molar-refractivity contribution in [2.24, 2.45) is 5.92 Å². The minimum Gasteiger partial charge on any atom is -1.00 e. The summed E-state index contributed by atoms with van der Waals surface area (Å²) < 4.78 is 5.86. The summed E-state index contributed by atoms with van der Waals surface area (Å²) in [6.07, 6.45) is 2.58. The molecule has 0 unspecified atom stereocenters. The molecule has 2 aromatic rings. The molecule has 0 bridgehead atoms. The first kappa shape index (κ1) is 22.8. The average molecular weight is 395 g/mol. The summed E-state index contributed by atoms with van der Waals surface area (Å²) in [5.41, 5.74) is 3.79. The normalized spacial score (nSPS) is 14.2. The van der Waals surface area contributed by atoms with Gasteiger partial charge in [0.15, 0.2) is 0 Å². The van der Waals surface area contributed by atoms with Crippen molar-refractivity contribution in [1.29, 1.82) is 0 Å². The van der Waals surface area contributed by atoms with Crippen LogP contribution in [0.3, 0.4) is 0 Å². The van der Waals surface area contributed by atoms with Crippen LogP contribution >= 0.6 is 0 Å². The Bertz CT molecular complexity index is 611. The molecule has 0 spiro atoms. The zero-order valence-electron chi connectivity index (χ0n) is 15.3. The first-order valence-corrected chi connectivity index (χ1v) is 8.98. The predicted octanol–water partition coefficient (Wildman–Crippen LogP) is -2.33. The van der Waals surface area contributed by atoms with Crippen LogP contribution < -0.4 is 40.2 Å². The van der Waals surface area contributed by atoms with Crippen LogP contribution in [0.5, 0.6) is 5.75 Å². The molecule has 1 aliphatic heterocycles. The second-order valence-electron chi connectivity index (χ2n) is 6.74. The van der Waals surface area contributed by atoms with Crippen LogP contribution in [0.1, 0.15) is 29.5 Å². The summed E-state index contributed by atoms with van der Waals surface area (Å²) in [6, 6.07) is 16.9. The molecule has 144 valence electrons. The van der Waals surface area contributed by atoms with E-state index in [0.29, 0.717) is 6.61 Å². The number of hydrogen-bond acceptors (Lipinski definition) is 3. The van der Waals surface area contributed by atoms with Crippen LogP contribution in [0, 0.1) is 12.8 Å². The van der Waals surface area contributed by atoms with Crippen molar-refractivity contribution < 1.29 is 29.6 Å². The number of halogens is 2. The molecule has 1 aliphatic rings. The molecule has 0 saturated carbocycles. The van der Waals surface area contributed by atoms with Crippen molar-refractivity contribution in [2.45, 2.75) is 32.9 Å². The zero-order chi connectivity index (χ0) is 16.6. The van der Waals surface area contributed by atoms with Crippen LogP contribution in [0.15, 0.2) is 48.5 Å². The largest absolute Gasteiger partial charge is 1.00 e. The number of aryl methyl sites for hydroxylation is 1. The minimum absolute atomic E-state index is 0. The van der Waals surface area contributed by atoms with Crippen LogP contribution in [0.25, 0.3) is 0 Å². The smallest absolute Gasteiger partial charge is 0.119 e. The fourth-order valence-corrected chi connectivity index (χ4v) is 3.06. The van der Waals surface area contributed by atoms with Crippen molar-refractivity contribution in [2.75, 3.05) is 19.6 Å². The summed E-state index contributed by atoms with van der Waals surface area (Å²) in [5.74, 6) is 1.75. The molecule has 0 aliphatic carbocycles. The van der Waals surface area contributed by atoms with E-state index < -0.39 is 0 Å². The Balaban J connectivity index is 0.00000169. The van der Waals surface area contributed by atoms with Gasteiger partial charge in [-0.2, -0.15) is 0 Å². The Labute approximate surface area is 169 Å². The molecule has 1 fully saturated rings. The maximum absolute atomic E-state index is 5.86. The molecule has 0 aromatic heterocycles. The Morgan fingerprint density at radius 2 is 1.54 bits per heavy atom. The molecule has 0 amide bonds.